The van der Waals surface area contributed by atoms with Crippen LogP contribution in [0.5, 0.6) is 0 Å². The average Bonchev–Trinajstić information content (AvgIpc) is 3.35. The highest BCUT2D eigenvalue weighted by Crippen LogP contribution is 2.31. The lowest BCUT2D eigenvalue weighted by molar-refractivity contribution is -0.384. The molecule has 1 saturated heterocycles. The summed E-state index contributed by atoms with van der Waals surface area (Å²) in [5.41, 5.74) is 2.48. The number of rotatable bonds is 6. The summed E-state index contributed by atoms with van der Waals surface area (Å²) >= 11 is 6.55. The van der Waals surface area contributed by atoms with Gasteiger partial charge in [0.15, 0.2) is 0 Å². The van der Waals surface area contributed by atoms with Crippen LogP contribution in [0.4, 0.5) is 17.1 Å². The molecule has 1 aliphatic rings. The summed E-state index contributed by atoms with van der Waals surface area (Å²) in [5, 5.41) is 14.3. The normalized spacial score (nSPS) is 14.1. The number of amides is 2. The van der Waals surface area contributed by atoms with Crippen LogP contribution in [0.3, 0.4) is 0 Å². The third-order valence-electron chi connectivity index (χ3n) is 6.48. The molecule has 0 bridgehead atoms. The molecule has 0 spiro atoms. The number of halogens is 1. The van der Waals surface area contributed by atoms with Crippen molar-refractivity contribution >= 4 is 46.6 Å². The summed E-state index contributed by atoms with van der Waals surface area (Å²) in [6.07, 6.45) is 2.91. The quantitative estimate of drug-likeness (QED) is 0.223. The van der Waals surface area contributed by atoms with Crippen molar-refractivity contribution in [1.82, 2.24) is 4.90 Å². The number of hydrogen-bond acceptors (Lipinski definition) is 6. The number of nitro groups is 1. The number of nitro benzene ring substituents is 1. The molecule has 1 N–H and O–H groups in total. The number of non-ortho nitro benzene ring substituents is 1. The van der Waals surface area contributed by atoms with Crippen LogP contribution in [-0.4, -0.2) is 47.8 Å². The molecule has 39 heavy (non-hydrogen) atoms. The van der Waals surface area contributed by atoms with Crippen molar-refractivity contribution in [3.63, 3.8) is 0 Å². The molecule has 4 rings (SSSR count). The van der Waals surface area contributed by atoms with E-state index in [4.69, 9.17) is 16.0 Å². The lowest BCUT2D eigenvalue weighted by Gasteiger charge is -2.39. The van der Waals surface area contributed by atoms with Crippen LogP contribution in [-0.2, 0) is 9.59 Å². The fourth-order valence-electron chi connectivity index (χ4n) is 4.43. The Kier molecular flexibility index (Phi) is 8.11. The van der Waals surface area contributed by atoms with Gasteiger partial charge < -0.3 is 19.5 Å². The molecule has 0 unspecified atom stereocenters. The number of anilines is 2. The van der Waals surface area contributed by atoms with Gasteiger partial charge in [0.2, 0.25) is 11.8 Å². The van der Waals surface area contributed by atoms with Gasteiger partial charge in [0.05, 0.1) is 15.6 Å². The molecule has 1 aromatic heterocycles. The van der Waals surface area contributed by atoms with E-state index in [0.29, 0.717) is 54.0 Å². The minimum atomic E-state index is -0.440. The second-order valence-corrected chi connectivity index (χ2v) is 10.9. The zero-order chi connectivity index (χ0) is 28.3. The first-order valence-electron chi connectivity index (χ1n) is 12.6. The number of carbonyl (C=O) groups excluding carboxylic acids is 2. The Balaban J connectivity index is 1.35. The van der Waals surface area contributed by atoms with Crippen LogP contribution < -0.4 is 10.2 Å². The van der Waals surface area contributed by atoms with Crippen LogP contribution in [0, 0.1) is 22.5 Å². The molecule has 0 saturated carbocycles. The van der Waals surface area contributed by atoms with Crippen LogP contribution >= 0.6 is 11.6 Å². The number of benzene rings is 2. The second kappa shape index (κ2) is 11.3. The fourth-order valence-corrected chi connectivity index (χ4v) is 4.73. The zero-order valence-corrected chi connectivity index (χ0v) is 23.1. The fraction of sp³-hybridized carbons (Fsp3) is 0.310. The molecule has 9 nitrogen and oxygen atoms in total. The Bertz CT molecular complexity index is 1430. The summed E-state index contributed by atoms with van der Waals surface area (Å²) in [6.45, 7) is 10.2. The molecule has 2 amide bonds. The Morgan fingerprint density at radius 2 is 1.77 bits per heavy atom. The van der Waals surface area contributed by atoms with Crippen molar-refractivity contribution in [2.45, 2.75) is 27.7 Å². The highest BCUT2D eigenvalue weighted by molar-refractivity contribution is 6.33. The second-order valence-electron chi connectivity index (χ2n) is 10.5. The Morgan fingerprint density at radius 1 is 1.05 bits per heavy atom. The standard InChI is InChI=1S/C29H31ClN4O5/c1-19-17-21(34(37)38)6-9-23(19)26-11-7-22(39-26)8-12-27(35)31-20-5-10-25(24(30)18-20)32-13-15-33(16-14-32)28(36)29(2,3)4/h5-12,17-18H,13-16H2,1-4H3,(H,31,35)/b12-8+. The van der Waals surface area contributed by atoms with Gasteiger partial charge in [0, 0.05) is 61.1 Å². The predicted molar refractivity (Wildman–Crippen MR) is 153 cm³/mol. The number of piperazine rings is 1. The van der Waals surface area contributed by atoms with Gasteiger partial charge >= 0.3 is 0 Å². The summed E-state index contributed by atoms with van der Waals surface area (Å²) < 4.78 is 5.81. The van der Waals surface area contributed by atoms with E-state index < -0.39 is 10.3 Å². The molecule has 2 aromatic carbocycles. The monoisotopic (exact) mass is 550 g/mol. The average molecular weight is 551 g/mol. The minimum absolute atomic E-state index is 0.0166. The highest BCUT2D eigenvalue weighted by atomic mass is 35.5. The van der Waals surface area contributed by atoms with Gasteiger partial charge in [0.1, 0.15) is 11.5 Å². The zero-order valence-electron chi connectivity index (χ0n) is 22.4. The number of carbonyl (C=O) groups is 2. The van der Waals surface area contributed by atoms with Crippen molar-refractivity contribution in [1.29, 1.82) is 0 Å². The van der Waals surface area contributed by atoms with Crippen molar-refractivity contribution in [2.75, 3.05) is 36.4 Å². The van der Waals surface area contributed by atoms with E-state index in [-0.39, 0.29) is 17.5 Å². The molecular formula is C29H31ClN4O5. The number of furan rings is 1. The van der Waals surface area contributed by atoms with Crippen molar-refractivity contribution in [3.8, 4) is 11.3 Å². The van der Waals surface area contributed by atoms with E-state index in [0.717, 1.165) is 11.3 Å². The molecule has 10 heteroatoms. The maximum Gasteiger partial charge on any atom is 0.269 e. The van der Waals surface area contributed by atoms with Gasteiger partial charge in [-0.2, -0.15) is 0 Å². The summed E-state index contributed by atoms with van der Waals surface area (Å²) in [4.78, 5) is 39.6. The van der Waals surface area contributed by atoms with Crippen LogP contribution in [0.15, 0.2) is 59.0 Å². The molecule has 0 radical (unpaired) electrons. The first-order chi connectivity index (χ1) is 18.4. The molecule has 0 atom stereocenters. The summed E-state index contributed by atoms with van der Waals surface area (Å²) in [5.74, 6) is 0.813. The lowest BCUT2D eigenvalue weighted by atomic mass is 9.94. The Labute approximate surface area is 232 Å². The maximum atomic E-state index is 12.5. The van der Waals surface area contributed by atoms with Gasteiger partial charge in [0.25, 0.3) is 5.69 Å². The maximum absolute atomic E-state index is 12.5. The van der Waals surface area contributed by atoms with E-state index >= 15 is 0 Å². The first-order valence-corrected chi connectivity index (χ1v) is 13.0. The third kappa shape index (κ3) is 6.67. The lowest BCUT2D eigenvalue weighted by Crippen LogP contribution is -2.51. The van der Waals surface area contributed by atoms with Gasteiger partial charge in [-0.25, -0.2) is 0 Å². The van der Waals surface area contributed by atoms with Crippen molar-refractivity contribution < 1.29 is 18.9 Å². The summed E-state index contributed by atoms with van der Waals surface area (Å²) in [6, 6.07) is 13.4. The van der Waals surface area contributed by atoms with E-state index in [2.05, 4.69) is 10.2 Å². The van der Waals surface area contributed by atoms with Crippen LogP contribution in [0.1, 0.15) is 32.1 Å². The van der Waals surface area contributed by atoms with E-state index in [1.165, 1.54) is 18.2 Å². The molecule has 1 aliphatic heterocycles. The van der Waals surface area contributed by atoms with Gasteiger partial charge in [-0.05, 0) is 55.0 Å². The molecular weight excluding hydrogens is 520 g/mol. The molecule has 3 aromatic rings. The molecule has 0 aliphatic carbocycles. The topological polar surface area (TPSA) is 109 Å². The largest absolute Gasteiger partial charge is 0.457 e. The molecule has 204 valence electrons. The van der Waals surface area contributed by atoms with Gasteiger partial charge in [-0.3, -0.25) is 19.7 Å². The van der Waals surface area contributed by atoms with E-state index in [1.54, 1.807) is 43.3 Å². The number of hydrogen-bond donors (Lipinski definition) is 1. The summed E-state index contributed by atoms with van der Waals surface area (Å²) in [7, 11) is 0. The van der Waals surface area contributed by atoms with E-state index in [9.17, 15) is 19.7 Å². The number of nitrogens with one attached hydrogen (secondary N) is 1. The smallest absolute Gasteiger partial charge is 0.269 e. The van der Waals surface area contributed by atoms with Gasteiger partial charge in [-0.1, -0.05) is 32.4 Å². The van der Waals surface area contributed by atoms with Crippen molar-refractivity contribution in [2.24, 2.45) is 5.41 Å². The van der Waals surface area contributed by atoms with Crippen LogP contribution in [0.25, 0.3) is 17.4 Å². The third-order valence-corrected chi connectivity index (χ3v) is 6.78. The minimum Gasteiger partial charge on any atom is -0.457 e. The highest BCUT2D eigenvalue weighted by Gasteiger charge is 2.30. The number of aryl methyl sites for hydroxylation is 1. The molecule has 1 fully saturated rings. The van der Waals surface area contributed by atoms with Crippen molar-refractivity contribution in [3.05, 3.63) is 81.1 Å². The van der Waals surface area contributed by atoms with Gasteiger partial charge in [-0.15, -0.1) is 0 Å². The Morgan fingerprint density at radius 3 is 2.38 bits per heavy atom. The first kappa shape index (κ1) is 27.9. The Hall–Kier alpha value is -4.11. The van der Waals surface area contributed by atoms with E-state index in [1.807, 2.05) is 31.7 Å². The number of nitrogens with zero attached hydrogens (tertiary/aromatic N) is 3. The van der Waals surface area contributed by atoms with Crippen LogP contribution in [0.2, 0.25) is 5.02 Å². The SMILES string of the molecule is Cc1cc([N+](=O)[O-])ccc1-c1ccc(/C=C/C(=O)Nc2ccc(N3CCN(C(=O)C(C)(C)C)CC3)c(Cl)c2)o1. The molecule has 2 heterocycles. The predicted octanol–water partition coefficient (Wildman–Crippen LogP) is 6.16.